The van der Waals surface area contributed by atoms with Gasteiger partial charge >= 0.3 is 0 Å². The number of rotatable bonds is 4. The van der Waals surface area contributed by atoms with Crippen LogP contribution in [0.5, 0.6) is 0 Å². The van der Waals surface area contributed by atoms with Gasteiger partial charge in [-0.1, -0.05) is 6.42 Å². The number of fused-ring (bicyclic) bond motifs is 1. The van der Waals surface area contributed by atoms with Crippen molar-refractivity contribution in [3.63, 3.8) is 0 Å². The van der Waals surface area contributed by atoms with Crippen LogP contribution in [0.25, 0.3) is 0 Å². The second-order valence-electron chi connectivity index (χ2n) is 6.85. The highest BCUT2D eigenvalue weighted by atomic mass is 15.2. The van der Waals surface area contributed by atoms with Gasteiger partial charge in [-0.3, -0.25) is 4.90 Å². The highest BCUT2D eigenvalue weighted by Gasteiger charge is 2.39. The summed E-state index contributed by atoms with van der Waals surface area (Å²) in [5.41, 5.74) is 7.55. The molecule has 4 nitrogen and oxygen atoms in total. The molecule has 2 aliphatic carbocycles. The van der Waals surface area contributed by atoms with E-state index >= 15 is 0 Å². The Morgan fingerprint density at radius 3 is 2.85 bits per heavy atom. The first kappa shape index (κ1) is 12.8. The predicted octanol–water partition coefficient (Wildman–Crippen LogP) is 2.48. The van der Waals surface area contributed by atoms with E-state index in [-0.39, 0.29) is 0 Å². The molecule has 0 bridgehead atoms. The summed E-state index contributed by atoms with van der Waals surface area (Å²) in [5, 5.41) is 0. The van der Waals surface area contributed by atoms with E-state index in [0.717, 1.165) is 18.5 Å². The maximum atomic E-state index is 6.18. The van der Waals surface area contributed by atoms with E-state index in [0.29, 0.717) is 12.1 Å². The minimum atomic E-state index is 0.379. The fourth-order valence-electron chi connectivity index (χ4n) is 4.54. The molecule has 0 aromatic carbocycles. The molecule has 1 saturated heterocycles. The number of aromatic nitrogens is 2. The van der Waals surface area contributed by atoms with Gasteiger partial charge < -0.3 is 10.3 Å². The molecule has 0 radical (unpaired) electrons. The molecule has 1 aromatic rings. The topological polar surface area (TPSA) is 47.1 Å². The lowest BCUT2D eigenvalue weighted by Crippen LogP contribution is -2.47. The maximum Gasteiger partial charge on any atom is 0.0951 e. The number of piperidine rings is 1. The molecule has 3 aliphatic rings. The van der Waals surface area contributed by atoms with E-state index in [2.05, 4.69) is 20.6 Å². The number of hydrogen-bond donors (Lipinski definition) is 1. The minimum Gasteiger partial charge on any atom is -0.330 e. The highest BCUT2D eigenvalue weighted by molar-refractivity contribution is 5.11. The zero-order valence-electron chi connectivity index (χ0n) is 12.2. The SMILES string of the molecule is NCC(c1cncn1C1CC1)N1CCCC2CCCC21. The van der Waals surface area contributed by atoms with Crippen molar-refractivity contribution in [2.75, 3.05) is 13.1 Å². The molecule has 0 spiro atoms. The van der Waals surface area contributed by atoms with Crippen LogP contribution in [0.4, 0.5) is 0 Å². The van der Waals surface area contributed by atoms with E-state index < -0.39 is 0 Å². The number of nitrogens with two attached hydrogens (primary N) is 1. The zero-order valence-corrected chi connectivity index (χ0v) is 12.2. The molecule has 2 heterocycles. The van der Waals surface area contributed by atoms with Gasteiger partial charge in [0.1, 0.15) is 0 Å². The monoisotopic (exact) mass is 274 g/mol. The van der Waals surface area contributed by atoms with Gasteiger partial charge in [-0.15, -0.1) is 0 Å². The van der Waals surface area contributed by atoms with Gasteiger partial charge in [0.15, 0.2) is 0 Å². The summed E-state index contributed by atoms with van der Waals surface area (Å²) in [6.45, 7) is 1.94. The molecule has 110 valence electrons. The molecular weight excluding hydrogens is 248 g/mol. The normalized spacial score (nSPS) is 32.2. The van der Waals surface area contributed by atoms with Gasteiger partial charge in [-0.25, -0.2) is 4.98 Å². The highest BCUT2D eigenvalue weighted by Crippen LogP contribution is 2.42. The van der Waals surface area contributed by atoms with Crippen LogP contribution in [0.15, 0.2) is 12.5 Å². The van der Waals surface area contributed by atoms with Crippen LogP contribution >= 0.6 is 0 Å². The van der Waals surface area contributed by atoms with Gasteiger partial charge in [0.05, 0.1) is 18.1 Å². The Balaban J connectivity index is 1.61. The average Bonchev–Trinajstić information content (AvgIpc) is 3.02. The summed E-state index contributed by atoms with van der Waals surface area (Å²) in [6.07, 6.45) is 13.7. The smallest absolute Gasteiger partial charge is 0.0951 e. The van der Waals surface area contributed by atoms with Gasteiger partial charge in [-0.05, 0) is 51.0 Å². The van der Waals surface area contributed by atoms with Crippen molar-refractivity contribution >= 4 is 0 Å². The van der Waals surface area contributed by atoms with Gasteiger partial charge in [0.25, 0.3) is 0 Å². The van der Waals surface area contributed by atoms with Crippen molar-refractivity contribution in [2.45, 2.75) is 63.1 Å². The van der Waals surface area contributed by atoms with Crippen molar-refractivity contribution in [1.82, 2.24) is 14.5 Å². The lowest BCUT2D eigenvalue weighted by molar-refractivity contribution is 0.0667. The molecule has 3 fully saturated rings. The largest absolute Gasteiger partial charge is 0.330 e. The zero-order chi connectivity index (χ0) is 13.5. The third-order valence-corrected chi connectivity index (χ3v) is 5.64. The summed E-state index contributed by atoms with van der Waals surface area (Å²) >= 11 is 0. The quantitative estimate of drug-likeness (QED) is 0.917. The molecule has 1 aromatic heterocycles. The second kappa shape index (κ2) is 5.15. The number of nitrogens with zero attached hydrogens (tertiary/aromatic N) is 3. The van der Waals surface area contributed by atoms with Crippen LogP contribution in [-0.4, -0.2) is 33.6 Å². The van der Waals surface area contributed by atoms with E-state index in [1.807, 2.05) is 6.33 Å². The molecule has 1 aliphatic heterocycles. The Labute approximate surface area is 121 Å². The summed E-state index contributed by atoms with van der Waals surface area (Å²) in [6, 6.07) is 1.86. The van der Waals surface area contributed by atoms with Crippen LogP contribution in [0.2, 0.25) is 0 Å². The van der Waals surface area contributed by atoms with Crippen LogP contribution in [0, 0.1) is 5.92 Å². The Kier molecular flexibility index (Phi) is 3.31. The van der Waals surface area contributed by atoms with Crippen LogP contribution in [-0.2, 0) is 0 Å². The second-order valence-corrected chi connectivity index (χ2v) is 6.85. The van der Waals surface area contributed by atoms with Crippen molar-refractivity contribution < 1.29 is 0 Å². The predicted molar refractivity (Wildman–Crippen MR) is 79.4 cm³/mol. The third-order valence-electron chi connectivity index (χ3n) is 5.64. The minimum absolute atomic E-state index is 0.379. The van der Waals surface area contributed by atoms with E-state index in [4.69, 9.17) is 5.73 Å². The molecule has 3 unspecified atom stereocenters. The fraction of sp³-hybridized carbons (Fsp3) is 0.812. The van der Waals surface area contributed by atoms with Crippen LogP contribution < -0.4 is 5.73 Å². The van der Waals surface area contributed by atoms with Gasteiger partial charge in [0, 0.05) is 24.8 Å². The Morgan fingerprint density at radius 1 is 1.20 bits per heavy atom. The molecule has 2 N–H and O–H groups in total. The maximum absolute atomic E-state index is 6.18. The summed E-state index contributed by atoms with van der Waals surface area (Å²) in [4.78, 5) is 7.13. The van der Waals surface area contributed by atoms with E-state index in [9.17, 15) is 0 Å². The Hall–Kier alpha value is -0.870. The van der Waals surface area contributed by atoms with E-state index in [1.54, 1.807) is 0 Å². The summed E-state index contributed by atoms with van der Waals surface area (Å²) in [7, 11) is 0. The lowest BCUT2D eigenvalue weighted by Gasteiger charge is -2.42. The number of imidazole rings is 1. The number of hydrogen-bond acceptors (Lipinski definition) is 3. The average molecular weight is 274 g/mol. The first-order valence-corrected chi connectivity index (χ1v) is 8.36. The molecule has 4 heteroatoms. The standard InChI is InChI=1S/C16H26N4/c17-9-15(16-10-18-11-20(16)13-6-7-13)19-8-2-4-12-3-1-5-14(12)19/h10-15H,1-9,17H2. The molecule has 2 saturated carbocycles. The molecule has 0 amide bonds. The summed E-state index contributed by atoms with van der Waals surface area (Å²) < 4.78 is 2.40. The number of likely N-dealkylation sites (tertiary alicyclic amines) is 1. The van der Waals surface area contributed by atoms with Gasteiger partial charge in [-0.2, -0.15) is 0 Å². The van der Waals surface area contributed by atoms with Crippen LogP contribution in [0.1, 0.15) is 62.7 Å². The lowest BCUT2D eigenvalue weighted by atomic mass is 9.90. The van der Waals surface area contributed by atoms with Crippen molar-refractivity contribution in [1.29, 1.82) is 0 Å². The Bertz CT molecular complexity index is 465. The van der Waals surface area contributed by atoms with Crippen molar-refractivity contribution in [3.8, 4) is 0 Å². The van der Waals surface area contributed by atoms with Gasteiger partial charge in [0.2, 0.25) is 0 Å². The molecule has 4 rings (SSSR count). The van der Waals surface area contributed by atoms with Crippen molar-refractivity contribution in [2.24, 2.45) is 11.7 Å². The van der Waals surface area contributed by atoms with Crippen LogP contribution in [0.3, 0.4) is 0 Å². The Morgan fingerprint density at radius 2 is 2.05 bits per heavy atom. The summed E-state index contributed by atoms with van der Waals surface area (Å²) in [5.74, 6) is 0.926. The third kappa shape index (κ3) is 2.09. The van der Waals surface area contributed by atoms with E-state index in [1.165, 1.54) is 57.2 Å². The first-order valence-electron chi connectivity index (χ1n) is 8.36. The van der Waals surface area contributed by atoms with Crippen molar-refractivity contribution in [3.05, 3.63) is 18.2 Å². The molecule has 3 atom stereocenters. The molecular formula is C16H26N4. The first-order chi connectivity index (χ1) is 9.88. The fourth-order valence-corrected chi connectivity index (χ4v) is 4.54. The molecule has 20 heavy (non-hydrogen) atoms.